The van der Waals surface area contributed by atoms with Gasteiger partial charge in [-0.3, -0.25) is 0 Å². The van der Waals surface area contributed by atoms with E-state index in [-0.39, 0.29) is 49.8 Å². The number of hydrogen-bond acceptors (Lipinski definition) is 18. The molecule has 6 aromatic heterocycles. The van der Waals surface area contributed by atoms with Crippen LogP contribution < -0.4 is 21.3 Å². The number of ether oxygens (including phenoxy) is 2. The Balaban J connectivity index is 0.000000224. The van der Waals surface area contributed by atoms with Crippen LogP contribution in [0.25, 0.3) is 22.1 Å². The van der Waals surface area contributed by atoms with Crippen LogP contribution >= 0.6 is 0 Å². The highest BCUT2D eigenvalue weighted by molar-refractivity contribution is 5.80. The first-order valence-electron chi connectivity index (χ1n) is 19.2. The minimum Gasteiger partial charge on any atom is -0.464 e. The van der Waals surface area contributed by atoms with E-state index in [9.17, 15) is 19.8 Å². The first-order chi connectivity index (χ1) is 28.1. The smallest absolute Gasteiger partial charge is 0.337 e. The number of aromatic nitrogens is 10. The lowest BCUT2D eigenvalue weighted by Crippen LogP contribution is -2.32. The summed E-state index contributed by atoms with van der Waals surface area (Å²) in [4.78, 5) is 57.9. The van der Waals surface area contributed by atoms with Crippen LogP contribution in [0.2, 0.25) is 0 Å². The summed E-state index contributed by atoms with van der Waals surface area (Å²) in [6, 6.07) is 7.80. The van der Waals surface area contributed by atoms with Crippen LogP contribution in [-0.2, 0) is 19.1 Å². The van der Waals surface area contributed by atoms with Crippen LogP contribution in [0.1, 0.15) is 72.2 Å². The second-order valence-corrected chi connectivity index (χ2v) is 14.2. The molecule has 6 rings (SSSR count). The number of nitrogens with zero attached hydrogens (tertiary/aromatic N) is 10. The van der Waals surface area contributed by atoms with Gasteiger partial charge in [0, 0.05) is 36.6 Å². The lowest BCUT2D eigenvalue weighted by Gasteiger charge is -2.14. The molecule has 0 bridgehead atoms. The fourth-order valence-corrected chi connectivity index (χ4v) is 6.06. The molecule has 0 spiro atoms. The van der Waals surface area contributed by atoms with Crippen molar-refractivity contribution < 1.29 is 29.3 Å². The Morgan fingerprint density at radius 2 is 1.10 bits per heavy atom. The normalized spacial score (nSPS) is 12.3. The molecular formula is C39H52N14O6. The maximum atomic E-state index is 11.7. The fraction of sp³-hybridized carbons (Fsp3) is 0.436. The van der Waals surface area contributed by atoms with Gasteiger partial charge in [-0.1, -0.05) is 0 Å². The number of carbonyl (C=O) groups excluding carboxylic acids is 2. The van der Waals surface area contributed by atoms with Crippen molar-refractivity contribution in [3.8, 4) is 0 Å². The van der Waals surface area contributed by atoms with E-state index in [1.165, 1.54) is 0 Å². The highest BCUT2D eigenvalue weighted by atomic mass is 16.6. The van der Waals surface area contributed by atoms with E-state index in [4.69, 9.17) is 9.47 Å². The number of pyridine rings is 2. The summed E-state index contributed by atoms with van der Waals surface area (Å²) in [6.45, 7) is 17.6. The third-order valence-electron chi connectivity index (χ3n) is 8.45. The summed E-state index contributed by atoms with van der Waals surface area (Å²) in [5, 5.41) is 31.6. The van der Waals surface area contributed by atoms with Crippen LogP contribution in [0.15, 0.2) is 49.1 Å². The molecule has 2 atom stereocenters. The Labute approximate surface area is 341 Å². The van der Waals surface area contributed by atoms with Gasteiger partial charge in [0.1, 0.15) is 46.0 Å². The zero-order valence-electron chi connectivity index (χ0n) is 34.6. The molecule has 0 aliphatic rings. The van der Waals surface area contributed by atoms with Crippen molar-refractivity contribution in [1.82, 2.24) is 49.0 Å². The van der Waals surface area contributed by atoms with E-state index in [0.717, 1.165) is 33.7 Å². The lowest BCUT2D eigenvalue weighted by atomic mass is 10.3. The second-order valence-electron chi connectivity index (χ2n) is 14.2. The third-order valence-corrected chi connectivity index (χ3v) is 8.45. The summed E-state index contributed by atoms with van der Waals surface area (Å²) in [6.07, 6.45) is 3.68. The van der Waals surface area contributed by atoms with Crippen molar-refractivity contribution in [1.29, 1.82) is 0 Å². The molecule has 314 valence electrons. The minimum atomic E-state index is -1.31. The number of aryl methyl sites for hydroxylation is 2. The predicted molar refractivity (Wildman–Crippen MR) is 223 cm³/mol. The summed E-state index contributed by atoms with van der Waals surface area (Å²) in [7, 11) is 0. The zero-order valence-corrected chi connectivity index (χ0v) is 34.6. The Hall–Kier alpha value is -6.54. The van der Waals surface area contributed by atoms with Gasteiger partial charge >= 0.3 is 11.9 Å². The van der Waals surface area contributed by atoms with Crippen LogP contribution in [0.5, 0.6) is 0 Å². The van der Waals surface area contributed by atoms with E-state index in [1.54, 1.807) is 57.7 Å². The van der Waals surface area contributed by atoms with E-state index < -0.39 is 24.1 Å². The number of anilines is 6. The van der Waals surface area contributed by atoms with Crippen molar-refractivity contribution in [2.24, 2.45) is 0 Å². The molecule has 0 radical (unpaired) electrons. The molecule has 6 N–H and O–H groups in total. The van der Waals surface area contributed by atoms with E-state index >= 15 is 0 Å². The summed E-state index contributed by atoms with van der Waals surface area (Å²) >= 11 is 0. The number of carbonyl (C=O) groups is 2. The van der Waals surface area contributed by atoms with Gasteiger partial charge in [-0.15, -0.1) is 0 Å². The number of fused-ring (bicyclic) bond motifs is 2. The third kappa shape index (κ3) is 11.5. The number of hydrogen-bond donors (Lipinski definition) is 6. The monoisotopic (exact) mass is 812 g/mol. The minimum absolute atomic E-state index is 0.0562. The zero-order chi connectivity index (χ0) is 42.8. The van der Waals surface area contributed by atoms with Crippen molar-refractivity contribution in [2.45, 2.75) is 92.7 Å². The molecule has 20 heteroatoms. The SMILES string of the molecule is CCOC(=O)C(O)CNc1nccc(Nc2cc3c(cn2)nc(C)n3C(C)C)n1.Cc1nc2cnc(Nc3ccnc(NCC(O)C(=O)OC(C)C)n3)cc2n1C(C)C. The van der Waals surface area contributed by atoms with Crippen LogP contribution in [0.4, 0.5) is 35.2 Å². The topological polar surface area (TPSA) is 254 Å². The van der Waals surface area contributed by atoms with Crippen molar-refractivity contribution in [2.75, 3.05) is 41.0 Å². The number of aliphatic hydroxyl groups is 2. The largest absolute Gasteiger partial charge is 0.464 e. The molecule has 59 heavy (non-hydrogen) atoms. The summed E-state index contributed by atoms with van der Waals surface area (Å²) in [5.41, 5.74) is 3.64. The number of rotatable bonds is 16. The first-order valence-corrected chi connectivity index (χ1v) is 19.2. The highest BCUT2D eigenvalue weighted by Crippen LogP contribution is 2.25. The maximum Gasteiger partial charge on any atom is 0.337 e. The summed E-state index contributed by atoms with van der Waals surface area (Å²) in [5.74, 6) is 3.29. The number of nitrogens with one attached hydrogen (secondary N) is 4. The predicted octanol–water partition coefficient (Wildman–Crippen LogP) is 4.77. The van der Waals surface area contributed by atoms with Gasteiger partial charge < -0.3 is 50.1 Å². The molecule has 0 saturated heterocycles. The van der Waals surface area contributed by atoms with E-state index in [1.807, 2.05) is 26.0 Å². The molecule has 0 aromatic carbocycles. The highest BCUT2D eigenvalue weighted by Gasteiger charge is 2.19. The molecule has 0 amide bonds. The molecule has 0 saturated carbocycles. The van der Waals surface area contributed by atoms with E-state index in [0.29, 0.717) is 23.3 Å². The Bertz CT molecular complexity index is 2360. The van der Waals surface area contributed by atoms with Crippen molar-refractivity contribution in [3.63, 3.8) is 0 Å². The van der Waals surface area contributed by atoms with Gasteiger partial charge in [-0.25, -0.2) is 39.5 Å². The molecule has 6 aromatic rings. The average Bonchev–Trinajstić information content (AvgIpc) is 3.70. The molecule has 20 nitrogen and oxygen atoms in total. The molecular weight excluding hydrogens is 761 g/mol. The Morgan fingerprint density at radius 3 is 1.51 bits per heavy atom. The Morgan fingerprint density at radius 1 is 0.661 bits per heavy atom. The first kappa shape index (κ1) is 43.6. The second kappa shape index (κ2) is 19.7. The average molecular weight is 813 g/mol. The quantitative estimate of drug-likeness (QED) is 0.0720. The van der Waals surface area contributed by atoms with Gasteiger partial charge in [0.25, 0.3) is 0 Å². The molecule has 0 fully saturated rings. The van der Waals surface area contributed by atoms with Gasteiger partial charge in [0.05, 0.1) is 49.2 Å². The summed E-state index contributed by atoms with van der Waals surface area (Å²) < 4.78 is 14.0. The van der Waals surface area contributed by atoms with Crippen LogP contribution in [0.3, 0.4) is 0 Å². The number of esters is 2. The van der Waals surface area contributed by atoms with Gasteiger partial charge in [0.15, 0.2) is 12.2 Å². The van der Waals surface area contributed by atoms with Crippen molar-refractivity contribution >= 4 is 69.2 Å². The Kier molecular flexibility index (Phi) is 14.6. The molecule has 2 unspecified atom stereocenters. The number of aliphatic hydroxyl groups excluding tert-OH is 2. The van der Waals surface area contributed by atoms with Gasteiger partial charge in [-0.05, 0) is 74.4 Å². The van der Waals surface area contributed by atoms with Crippen LogP contribution in [0, 0.1) is 13.8 Å². The van der Waals surface area contributed by atoms with Crippen LogP contribution in [-0.4, -0.2) is 109 Å². The maximum absolute atomic E-state index is 11.7. The number of imidazole rings is 2. The fourth-order valence-electron chi connectivity index (χ4n) is 6.06. The van der Waals surface area contributed by atoms with Gasteiger partial charge in [-0.2, -0.15) is 9.97 Å². The lowest BCUT2D eigenvalue weighted by molar-refractivity contribution is -0.156. The van der Waals surface area contributed by atoms with Crippen molar-refractivity contribution in [3.05, 3.63) is 60.7 Å². The standard InChI is InChI=1S/C20H27N7O3.C19H25N7O3/c1-11(2)27-13(5)24-14-9-22-18(8-15(14)27)25-17-6-7-21-20(26-17)23-10-16(28)19(29)30-12(3)4;1-5-29-18(28)15(27)10-22-19-20-7-6-16(25-19)24-17-8-14-13(9-21-17)23-12(4)26(14)11(2)3/h6-9,11-12,16,28H,10H2,1-5H3,(H2,21,22,23,25,26);6-9,11,15,27H,5,10H2,1-4H3,(H2,20,21,22,24,25). The van der Waals surface area contributed by atoms with Gasteiger partial charge in [0.2, 0.25) is 11.9 Å². The molecule has 0 aliphatic carbocycles. The van der Waals surface area contributed by atoms with E-state index in [2.05, 4.69) is 98.0 Å². The molecule has 6 heterocycles. The molecule has 0 aliphatic heterocycles.